The zero-order chi connectivity index (χ0) is 29.1. The molecule has 39 heavy (non-hydrogen) atoms. The van der Waals surface area contributed by atoms with Crippen LogP contribution in [0.3, 0.4) is 0 Å². The van der Waals surface area contributed by atoms with Crippen LogP contribution < -0.4 is 10.1 Å². The number of hydrogen-bond acceptors (Lipinski definition) is 15. The van der Waals surface area contributed by atoms with Crippen molar-refractivity contribution >= 4 is 22.0 Å². The Bertz CT molecular complexity index is 1100. The lowest BCUT2D eigenvalue weighted by Crippen LogP contribution is -2.68. The number of aliphatic hydroxyl groups excluding tert-OH is 5. The van der Waals surface area contributed by atoms with Crippen molar-refractivity contribution in [1.82, 2.24) is 5.32 Å². The fourth-order valence-corrected chi connectivity index (χ4v) is 4.29. The molecule has 0 aliphatic carbocycles. The normalized spacial score (nSPS) is 35.3. The van der Waals surface area contributed by atoms with Gasteiger partial charge in [-0.3, -0.25) is 19.5 Å². The molecule has 0 aromatic heterocycles. The minimum atomic E-state index is -5.04. The summed E-state index contributed by atoms with van der Waals surface area (Å²) < 4.78 is 58.0. The number of carbonyl (C=O) groups is 1. The largest absolute Gasteiger partial charge is 0.463 e. The van der Waals surface area contributed by atoms with E-state index >= 15 is 0 Å². The lowest BCUT2D eigenvalue weighted by Gasteiger charge is -2.47. The number of nitro groups is 1. The Balaban J connectivity index is 1.90. The molecule has 0 spiro atoms. The molecule has 2 fully saturated rings. The van der Waals surface area contributed by atoms with Crippen LogP contribution in [0.2, 0.25) is 0 Å². The summed E-state index contributed by atoms with van der Waals surface area (Å²) in [6.07, 6.45) is -15.5. The topological polar surface area (TPSA) is 274 Å². The Morgan fingerprint density at radius 2 is 1.64 bits per heavy atom. The average molecular weight is 585 g/mol. The Morgan fingerprint density at radius 1 is 1.03 bits per heavy atom. The van der Waals surface area contributed by atoms with Crippen molar-refractivity contribution in [2.24, 2.45) is 0 Å². The van der Waals surface area contributed by atoms with Gasteiger partial charge >= 0.3 is 10.4 Å². The molecule has 2 aliphatic heterocycles. The van der Waals surface area contributed by atoms with Gasteiger partial charge in [-0.2, -0.15) is 8.42 Å². The molecule has 2 saturated heterocycles. The quantitative estimate of drug-likeness (QED) is 0.0800. The predicted molar refractivity (Wildman–Crippen MR) is 122 cm³/mol. The van der Waals surface area contributed by atoms with E-state index in [1.807, 2.05) is 0 Å². The maximum absolute atomic E-state index is 11.9. The number of hydrogen-bond donors (Lipinski definition) is 7. The van der Waals surface area contributed by atoms with Gasteiger partial charge in [0.05, 0.1) is 18.1 Å². The number of benzene rings is 1. The van der Waals surface area contributed by atoms with Crippen LogP contribution in [0.5, 0.6) is 5.75 Å². The molecular weight excluding hydrogens is 556 g/mol. The van der Waals surface area contributed by atoms with Crippen LogP contribution in [0.15, 0.2) is 24.3 Å². The molecule has 1 amide bonds. The van der Waals surface area contributed by atoms with Gasteiger partial charge in [-0.15, -0.1) is 0 Å². The van der Waals surface area contributed by atoms with Gasteiger partial charge < -0.3 is 49.8 Å². The van der Waals surface area contributed by atoms with Crippen molar-refractivity contribution in [2.45, 2.75) is 68.3 Å². The zero-order valence-electron chi connectivity index (χ0n) is 20.1. The van der Waals surface area contributed by atoms with Crippen LogP contribution in [0, 0.1) is 10.1 Å². The van der Waals surface area contributed by atoms with Gasteiger partial charge in [0.1, 0.15) is 54.5 Å². The third kappa shape index (κ3) is 7.77. The summed E-state index contributed by atoms with van der Waals surface area (Å²) in [5.74, 6) is -0.699. The number of nitrogens with one attached hydrogen (secondary N) is 1. The molecule has 2 heterocycles. The maximum Gasteiger partial charge on any atom is 0.397 e. The van der Waals surface area contributed by atoms with Crippen LogP contribution in [-0.4, -0.2) is 124 Å². The second kappa shape index (κ2) is 12.7. The standard InChI is InChI=1S/C20H28N2O16S/c1-8(24)21-13-15(26)18(38-20-17(28)16(27)14(25)11(6-23)36-20)12(7-34-39(31,32)33)37-19(13)35-10-4-2-9(3-5-10)22(29)30/h2-5,11-20,23,25-28H,6-7H2,1H3,(H,21,24)(H,31,32,33)/t11-,12-,13-,14+,15-,16+,17-,18-,19-,20+/m1/s1. The van der Waals surface area contributed by atoms with E-state index in [2.05, 4.69) is 9.50 Å². The Morgan fingerprint density at radius 3 is 2.18 bits per heavy atom. The van der Waals surface area contributed by atoms with Crippen molar-refractivity contribution < 1.29 is 71.4 Å². The number of non-ortho nitro benzene ring substituents is 1. The van der Waals surface area contributed by atoms with Gasteiger partial charge in [-0.25, -0.2) is 4.18 Å². The molecule has 3 rings (SSSR count). The molecule has 19 heteroatoms. The maximum atomic E-state index is 11.9. The molecule has 220 valence electrons. The molecule has 1 aromatic carbocycles. The Kier molecular flexibility index (Phi) is 10.1. The third-order valence-electron chi connectivity index (χ3n) is 5.86. The number of nitrogens with zero attached hydrogens (tertiary/aromatic N) is 1. The highest BCUT2D eigenvalue weighted by Gasteiger charge is 2.52. The molecule has 0 radical (unpaired) electrons. The lowest BCUT2D eigenvalue weighted by atomic mass is 9.95. The molecule has 18 nitrogen and oxygen atoms in total. The van der Waals surface area contributed by atoms with Gasteiger partial charge in [-0.1, -0.05) is 0 Å². The first-order chi connectivity index (χ1) is 18.2. The van der Waals surface area contributed by atoms with Crippen molar-refractivity contribution in [2.75, 3.05) is 13.2 Å². The fourth-order valence-electron chi connectivity index (χ4n) is 3.98. The summed E-state index contributed by atoms with van der Waals surface area (Å²) in [6.45, 7) is -0.703. The molecule has 7 N–H and O–H groups in total. The van der Waals surface area contributed by atoms with Crippen molar-refractivity contribution in [3.8, 4) is 5.75 Å². The van der Waals surface area contributed by atoms with Crippen molar-refractivity contribution in [1.29, 1.82) is 0 Å². The Labute approximate surface area is 220 Å². The van der Waals surface area contributed by atoms with Crippen LogP contribution in [0.1, 0.15) is 6.92 Å². The van der Waals surface area contributed by atoms with Crippen molar-refractivity contribution in [3.05, 3.63) is 34.4 Å². The molecular formula is C20H28N2O16S. The van der Waals surface area contributed by atoms with Gasteiger partial charge in [0.25, 0.3) is 5.69 Å². The number of nitro benzene ring substituents is 1. The molecule has 0 bridgehead atoms. The average Bonchev–Trinajstić information content (AvgIpc) is 2.86. The predicted octanol–water partition coefficient (Wildman–Crippen LogP) is -3.43. The first-order valence-electron chi connectivity index (χ1n) is 11.3. The van der Waals surface area contributed by atoms with E-state index in [9.17, 15) is 48.9 Å². The summed E-state index contributed by atoms with van der Waals surface area (Å²) in [4.78, 5) is 22.1. The van der Waals surface area contributed by atoms with Crippen LogP contribution in [-0.2, 0) is 33.6 Å². The molecule has 2 aliphatic rings. The van der Waals surface area contributed by atoms with E-state index in [4.69, 9.17) is 23.5 Å². The molecule has 10 atom stereocenters. The summed E-state index contributed by atoms with van der Waals surface area (Å²) >= 11 is 0. The van der Waals surface area contributed by atoms with E-state index < -0.39 is 95.8 Å². The van der Waals surface area contributed by atoms with Gasteiger partial charge in [0, 0.05) is 19.1 Å². The van der Waals surface area contributed by atoms with E-state index in [0.717, 1.165) is 19.1 Å². The van der Waals surface area contributed by atoms with Gasteiger partial charge in [0.2, 0.25) is 12.2 Å². The van der Waals surface area contributed by atoms with E-state index in [1.165, 1.54) is 12.1 Å². The molecule has 0 unspecified atom stereocenters. The molecule has 0 saturated carbocycles. The number of carbonyl (C=O) groups excluding carboxylic acids is 1. The monoisotopic (exact) mass is 584 g/mol. The summed E-state index contributed by atoms with van der Waals surface area (Å²) in [6, 6.07) is 3.14. The van der Waals surface area contributed by atoms with Crippen molar-refractivity contribution in [3.63, 3.8) is 0 Å². The smallest absolute Gasteiger partial charge is 0.397 e. The summed E-state index contributed by atoms with van der Waals surface area (Å²) in [5, 5.41) is 64.2. The highest BCUT2D eigenvalue weighted by Crippen LogP contribution is 2.31. The first kappa shape index (κ1) is 31.0. The van der Waals surface area contributed by atoms with Crippen LogP contribution in [0.4, 0.5) is 5.69 Å². The van der Waals surface area contributed by atoms with E-state index in [0.29, 0.717) is 0 Å². The van der Waals surface area contributed by atoms with Crippen LogP contribution >= 0.6 is 0 Å². The number of aliphatic hydroxyl groups is 5. The van der Waals surface area contributed by atoms with Gasteiger partial charge in [-0.05, 0) is 12.1 Å². The highest BCUT2D eigenvalue weighted by molar-refractivity contribution is 7.80. The Hall–Kier alpha value is -2.56. The second-order valence-corrected chi connectivity index (χ2v) is 9.73. The number of rotatable bonds is 10. The fraction of sp³-hybridized carbons (Fsp3) is 0.650. The molecule has 1 aromatic rings. The zero-order valence-corrected chi connectivity index (χ0v) is 20.9. The minimum absolute atomic E-state index is 0.0177. The van der Waals surface area contributed by atoms with Crippen LogP contribution in [0.25, 0.3) is 0 Å². The van der Waals surface area contributed by atoms with E-state index in [-0.39, 0.29) is 11.4 Å². The SMILES string of the molecule is CC(=O)N[C@H]1[C@H](Oc2ccc([N+](=O)[O-])cc2)O[C@H](COS(=O)(=O)O)[C@@H](O[C@@H]2O[C@H](CO)[C@H](O)[C@H](O)[C@H]2O)[C@@H]1O. The van der Waals surface area contributed by atoms with Gasteiger partial charge in [0.15, 0.2) is 6.29 Å². The summed E-state index contributed by atoms with van der Waals surface area (Å²) in [7, 11) is -5.04. The number of amides is 1. The lowest BCUT2D eigenvalue weighted by molar-refractivity contribution is -0.384. The highest BCUT2D eigenvalue weighted by atomic mass is 32.3. The second-order valence-electron chi connectivity index (χ2n) is 8.64. The van der Waals surface area contributed by atoms with E-state index in [1.54, 1.807) is 0 Å². The minimum Gasteiger partial charge on any atom is -0.463 e. The summed E-state index contributed by atoms with van der Waals surface area (Å²) in [5.41, 5.74) is -0.266. The third-order valence-corrected chi connectivity index (χ3v) is 6.30. The number of ether oxygens (including phenoxy) is 4. The first-order valence-corrected chi connectivity index (χ1v) is 12.7.